The van der Waals surface area contributed by atoms with E-state index in [-0.39, 0.29) is 0 Å². The van der Waals surface area contributed by atoms with Gasteiger partial charge in [-0.15, -0.1) is 0 Å². The first-order chi connectivity index (χ1) is 8.10. The van der Waals surface area contributed by atoms with Crippen LogP contribution in [0, 0.1) is 11.6 Å². The fraction of sp³-hybridized carbons (Fsp3) is 0.0769. The molecule has 2 aromatic carbocycles. The third-order valence-corrected chi connectivity index (χ3v) is 2.68. The van der Waals surface area contributed by atoms with Crippen LogP contribution in [0.15, 0.2) is 36.4 Å². The molecule has 0 amide bonds. The van der Waals surface area contributed by atoms with Gasteiger partial charge in [-0.25, -0.2) is 8.78 Å². The number of rotatable bonds is 2. The van der Waals surface area contributed by atoms with Crippen LogP contribution in [0.25, 0.3) is 11.1 Å². The molecule has 0 atom stereocenters. The van der Waals surface area contributed by atoms with Gasteiger partial charge in [-0.1, -0.05) is 11.6 Å². The molecular formula is C13H9ClF2O. The van der Waals surface area contributed by atoms with Crippen molar-refractivity contribution in [1.82, 2.24) is 0 Å². The Kier molecular flexibility index (Phi) is 3.29. The van der Waals surface area contributed by atoms with Gasteiger partial charge in [0.25, 0.3) is 0 Å². The molecule has 0 radical (unpaired) electrons. The Morgan fingerprint density at radius 3 is 2.24 bits per heavy atom. The Balaban J connectivity index is 2.58. The van der Waals surface area contributed by atoms with Crippen molar-refractivity contribution in [2.24, 2.45) is 0 Å². The van der Waals surface area contributed by atoms with E-state index in [9.17, 15) is 8.78 Å². The molecule has 2 rings (SSSR count). The summed E-state index contributed by atoms with van der Waals surface area (Å²) in [6.45, 7) is 0. The Morgan fingerprint density at radius 1 is 1.00 bits per heavy atom. The van der Waals surface area contributed by atoms with Gasteiger partial charge in [0.2, 0.25) is 0 Å². The second-order valence-electron chi connectivity index (χ2n) is 3.50. The Morgan fingerprint density at radius 2 is 1.65 bits per heavy atom. The maximum atomic E-state index is 13.1. The molecular weight excluding hydrogens is 246 g/mol. The van der Waals surface area contributed by atoms with Crippen LogP contribution in [0.1, 0.15) is 0 Å². The van der Waals surface area contributed by atoms with Crippen molar-refractivity contribution < 1.29 is 13.5 Å². The lowest BCUT2D eigenvalue weighted by atomic mass is 10.1. The number of ether oxygens (including phenoxy) is 1. The number of hydrogen-bond donors (Lipinski definition) is 0. The van der Waals surface area contributed by atoms with E-state index < -0.39 is 11.6 Å². The van der Waals surface area contributed by atoms with Crippen LogP contribution in [-0.2, 0) is 0 Å². The number of methoxy groups -OCH3 is 1. The Bertz CT molecular complexity index is 535. The maximum Gasteiger partial charge on any atom is 0.126 e. The summed E-state index contributed by atoms with van der Waals surface area (Å²) < 4.78 is 31.3. The predicted octanol–water partition coefficient (Wildman–Crippen LogP) is 4.29. The van der Waals surface area contributed by atoms with E-state index in [1.165, 1.54) is 19.2 Å². The zero-order valence-corrected chi connectivity index (χ0v) is 9.76. The Labute approximate surface area is 103 Å². The van der Waals surface area contributed by atoms with E-state index in [4.69, 9.17) is 16.3 Å². The molecule has 0 aliphatic heterocycles. The standard InChI is InChI=1S/C13H9ClF2O/c1-17-11-2-3-13(14)12(7-11)8-4-9(15)6-10(16)5-8/h2-7H,1H3. The van der Waals surface area contributed by atoms with Gasteiger partial charge >= 0.3 is 0 Å². The summed E-state index contributed by atoms with van der Waals surface area (Å²) in [4.78, 5) is 0. The second kappa shape index (κ2) is 4.72. The molecule has 0 unspecified atom stereocenters. The molecule has 88 valence electrons. The van der Waals surface area contributed by atoms with Gasteiger partial charge in [0, 0.05) is 16.7 Å². The lowest BCUT2D eigenvalue weighted by molar-refractivity contribution is 0.415. The van der Waals surface area contributed by atoms with E-state index in [0.29, 0.717) is 21.9 Å². The summed E-state index contributed by atoms with van der Waals surface area (Å²) in [5.74, 6) is -0.702. The fourth-order valence-corrected chi connectivity index (χ4v) is 1.79. The van der Waals surface area contributed by atoms with Crippen molar-refractivity contribution in [3.8, 4) is 16.9 Å². The highest BCUT2D eigenvalue weighted by Crippen LogP contribution is 2.32. The molecule has 0 aromatic heterocycles. The van der Waals surface area contributed by atoms with E-state index in [1.807, 2.05) is 0 Å². The summed E-state index contributed by atoms with van der Waals surface area (Å²) in [5, 5.41) is 0.413. The van der Waals surface area contributed by atoms with Gasteiger partial charge in [-0.3, -0.25) is 0 Å². The van der Waals surface area contributed by atoms with Crippen molar-refractivity contribution in [1.29, 1.82) is 0 Å². The van der Waals surface area contributed by atoms with Crippen LogP contribution in [0.4, 0.5) is 8.78 Å². The molecule has 0 N–H and O–H groups in total. The molecule has 0 saturated heterocycles. The summed E-state index contributed by atoms with van der Waals surface area (Å²) in [7, 11) is 1.51. The summed E-state index contributed by atoms with van der Waals surface area (Å²) in [6, 6.07) is 8.21. The minimum absolute atomic E-state index is 0.381. The molecule has 2 aromatic rings. The highest BCUT2D eigenvalue weighted by molar-refractivity contribution is 6.33. The number of hydrogen-bond acceptors (Lipinski definition) is 1. The summed E-state index contributed by atoms with van der Waals surface area (Å²) in [6.07, 6.45) is 0. The van der Waals surface area contributed by atoms with Crippen LogP contribution in [0.5, 0.6) is 5.75 Å². The van der Waals surface area contributed by atoms with Crippen molar-refractivity contribution in [3.63, 3.8) is 0 Å². The number of halogens is 3. The quantitative estimate of drug-likeness (QED) is 0.777. The molecule has 0 bridgehead atoms. The van der Waals surface area contributed by atoms with Crippen LogP contribution in [0.2, 0.25) is 5.02 Å². The van der Waals surface area contributed by atoms with Gasteiger partial charge in [0.15, 0.2) is 0 Å². The molecule has 0 aliphatic carbocycles. The summed E-state index contributed by atoms with van der Waals surface area (Å²) in [5.41, 5.74) is 0.913. The first-order valence-electron chi connectivity index (χ1n) is 4.90. The van der Waals surface area contributed by atoms with E-state index in [2.05, 4.69) is 0 Å². The van der Waals surface area contributed by atoms with E-state index in [0.717, 1.165) is 6.07 Å². The molecule has 0 heterocycles. The molecule has 1 nitrogen and oxygen atoms in total. The van der Waals surface area contributed by atoms with Gasteiger partial charge < -0.3 is 4.74 Å². The first kappa shape index (κ1) is 11.9. The zero-order valence-electron chi connectivity index (χ0n) is 9.01. The van der Waals surface area contributed by atoms with Crippen LogP contribution >= 0.6 is 11.6 Å². The highest BCUT2D eigenvalue weighted by Gasteiger charge is 2.08. The lowest BCUT2D eigenvalue weighted by Crippen LogP contribution is -1.87. The predicted molar refractivity (Wildman–Crippen MR) is 63.4 cm³/mol. The maximum absolute atomic E-state index is 13.1. The van der Waals surface area contributed by atoms with Gasteiger partial charge in [-0.05, 0) is 35.9 Å². The normalized spacial score (nSPS) is 10.4. The third-order valence-electron chi connectivity index (χ3n) is 2.35. The van der Waals surface area contributed by atoms with Gasteiger partial charge in [0.1, 0.15) is 17.4 Å². The molecule has 17 heavy (non-hydrogen) atoms. The monoisotopic (exact) mass is 254 g/mol. The smallest absolute Gasteiger partial charge is 0.126 e. The largest absolute Gasteiger partial charge is 0.497 e. The SMILES string of the molecule is COc1ccc(Cl)c(-c2cc(F)cc(F)c2)c1. The van der Waals surface area contributed by atoms with Crippen molar-refractivity contribution in [2.45, 2.75) is 0 Å². The van der Waals surface area contributed by atoms with E-state index >= 15 is 0 Å². The van der Waals surface area contributed by atoms with Gasteiger partial charge in [0.05, 0.1) is 7.11 Å². The molecule has 0 saturated carbocycles. The molecule has 0 aliphatic rings. The minimum atomic E-state index is -0.640. The second-order valence-corrected chi connectivity index (χ2v) is 3.91. The van der Waals surface area contributed by atoms with Crippen molar-refractivity contribution in [2.75, 3.05) is 7.11 Å². The zero-order chi connectivity index (χ0) is 12.4. The Hall–Kier alpha value is -1.61. The lowest BCUT2D eigenvalue weighted by Gasteiger charge is -2.07. The average Bonchev–Trinajstić information content (AvgIpc) is 2.28. The van der Waals surface area contributed by atoms with E-state index in [1.54, 1.807) is 18.2 Å². The van der Waals surface area contributed by atoms with Crippen molar-refractivity contribution in [3.05, 3.63) is 53.1 Å². The molecule has 4 heteroatoms. The van der Waals surface area contributed by atoms with Gasteiger partial charge in [-0.2, -0.15) is 0 Å². The molecule has 0 fully saturated rings. The van der Waals surface area contributed by atoms with Crippen molar-refractivity contribution >= 4 is 11.6 Å². The molecule has 0 spiro atoms. The van der Waals surface area contributed by atoms with Crippen LogP contribution in [0.3, 0.4) is 0 Å². The highest BCUT2D eigenvalue weighted by atomic mass is 35.5. The topological polar surface area (TPSA) is 9.23 Å². The first-order valence-corrected chi connectivity index (χ1v) is 5.28. The summed E-state index contributed by atoms with van der Waals surface area (Å²) >= 11 is 5.99. The van der Waals surface area contributed by atoms with Crippen LogP contribution < -0.4 is 4.74 Å². The third kappa shape index (κ3) is 2.56. The average molecular weight is 255 g/mol. The van der Waals surface area contributed by atoms with Crippen LogP contribution in [-0.4, -0.2) is 7.11 Å². The fourth-order valence-electron chi connectivity index (χ4n) is 1.56. The minimum Gasteiger partial charge on any atom is -0.497 e. The number of benzene rings is 2.